The second-order valence-electron chi connectivity index (χ2n) is 2.89. The van der Waals surface area contributed by atoms with Crippen LogP contribution < -0.4 is 5.73 Å². The molecule has 74 valence electrons. The van der Waals surface area contributed by atoms with Crippen molar-refractivity contribution in [1.82, 2.24) is 0 Å². The maximum absolute atomic E-state index is 10.5. The van der Waals surface area contributed by atoms with Gasteiger partial charge in [-0.3, -0.25) is 10.1 Å². The van der Waals surface area contributed by atoms with E-state index in [-0.39, 0.29) is 5.69 Å². The summed E-state index contributed by atoms with van der Waals surface area (Å²) in [6, 6.07) is 6.34. The predicted octanol–water partition coefficient (Wildman–Crippen LogP) is 2.26. The summed E-state index contributed by atoms with van der Waals surface area (Å²) < 4.78 is 0.665. The molecule has 0 saturated carbocycles. The molecule has 2 rings (SSSR count). The molecule has 0 spiro atoms. The number of hydrogen-bond acceptors (Lipinski definition) is 5. The molecule has 0 atom stereocenters. The first kappa shape index (κ1) is 9.43. The number of non-ortho nitro benzene ring substituents is 1. The molecular weight excluding hydrogens is 214 g/mol. The van der Waals surface area contributed by atoms with Crippen molar-refractivity contribution in [3.8, 4) is 6.07 Å². The smallest absolute Gasteiger partial charge is 0.270 e. The van der Waals surface area contributed by atoms with Gasteiger partial charge < -0.3 is 5.73 Å². The lowest BCUT2D eigenvalue weighted by atomic mass is 10.2. The SMILES string of the molecule is N#Cc1c(N)sc2cc([N+](=O)[O-])ccc12. The molecule has 0 fully saturated rings. The molecule has 2 N–H and O–H groups in total. The van der Waals surface area contributed by atoms with Crippen molar-refractivity contribution in [1.29, 1.82) is 5.26 Å². The molecule has 5 nitrogen and oxygen atoms in total. The number of anilines is 1. The highest BCUT2D eigenvalue weighted by Crippen LogP contribution is 2.34. The summed E-state index contributed by atoms with van der Waals surface area (Å²) in [5.74, 6) is 0. The van der Waals surface area contributed by atoms with E-state index < -0.39 is 4.92 Å². The minimum absolute atomic E-state index is 0.00763. The van der Waals surface area contributed by atoms with Crippen LogP contribution in [-0.2, 0) is 0 Å². The largest absolute Gasteiger partial charge is 0.389 e. The summed E-state index contributed by atoms with van der Waals surface area (Å²) in [5, 5.41) is 20.4. The average molecular weight is 219 g/mol. The van der Waals surface area contributed by atoms with Gasteiger partial charge in [0.2, 0.25) is 0 Å². The molecular formula is C9H5N3O2S. The number of hydrogen-bond donors (Lipinski definition) is 1. The van der Waals surface area contributed by atoms with Crippen LogP contribution in [0, 0.1) is 21.4 Å². The van der Waals surface area contributed by atoms with E-state index in [9.17, 15) is 10.1 Å². The fourth-order valence-electron chi connectivity index (χ4n) is 1.33. The number of nitrogens with two attached hydrogens (primary N) is 1. The zero-order chi connectivity index (χ0) is 11.0. The van der Waals surface area contributed by atoms with Gasteiger partial charge in [0.25, 0.3) is 5.69 Å². The molecule has 15 heavy (non-hydrogen) atoms. The second-order valence-corrected chi connectivity index (χ2v) is 3.97. The molecule has 0 unspecified atom stereocenters. The van der Waals surface area contributed by atoms with E-state index in [2.05, 4.69) is 0 Å². The van der Waals surface area contributed by atoms with Crippen molar-refractivity contribution in [2.24, 2.45) is 0 Å². The van der Waals surface area contributed by atoms with Gasteiger partial charge in [-0.2, -0.15) is 5.26 Å². The van der Waals surface area contributed by atoms with Crippen LogP contribution in [0.1, 0.15) is 5.56 Å². The third-order valence-corrected chi connectivity index (χ3v) is 3.01. The van der Waals surface area contributed by atoms with Crippen LogP contribution in [0.4, 0.5) is 10.7 Å². The van der Waals surface area contributed by atoms with E-state index in [0.717, 1.165) is 0 Å². The number of thiophene rings is 1. The lowest BCUT2D eigenvalue weighted by Crippen LogP contribution is -1.86. The first-order chi connectivity index (χ1) is 7.13. The summed E-state index contributed by atoms with van der Waals surface area (Å²) in [6.45, 7) is 0. The zero-order valence-electron chi connectivity index (χ0n) is 7.43. The van der Waals surface area contributed by atoms with E-state index in [1.807, 2.05) is 6.07 Å². The van der Waals surface area contributed by atoms with Crippen molar-refractivity contribution in [3.05, 3.63) is 33.9 Å². The maximum atomic E-state index is 10.5. The van der Waals surface area contributed by atoms with Crippen molar-refractivity contribution in [3.63, 3.8) is 0 Å². The van der Waals surface area contributed by atoms with Gasteiger partial charge in [-0.1, -0.05) is 0 Å². The van der Waals surface area contributed by atoms with E-state index in [1.165, 1.54) is 23.5 Å². The standard InChI is InChI=1S/C9H5N3O2S/c10-4-7-6-2-1-5(12(13)14)3-8(6)15-9(7)11/h1-3H,11H2. The van der Waals surface area contributed by atoms with Crippen LogP contribution in [0.15, 0.2) is 18.2 Å². The lowest BCUT2D eigenvalue weighted by Gasteiger charge is -1.91. The van der Waals surface area contributed by atoms with Gasteiger partial charge in [-0.05, 0) is 6.07 Å². The molecule has 0 bridgehead atoms. The molecule has 0 aliphatic rings. The number of benzene rings is 1. The molecule has 1 aromatic heterocycles. The lowest BCUT2D eigenvalue weighted by molar-refractivity contribution is -0.384. The third-order valence-electron chi connectivity index (χ3n) is 2.02. The van der Waals surface area contributed by atoms with Crippen LogP contribution >= 0.6 is 11.3 Å². The van der Waals surface area contributed by atoms with Gasteiger partial charge in [0.15, 0.2) is 0 Å². The van der Waals surface area contributed by atoms with Crippen LogP contribution in [-0.4, -0.2) is 4.92 Å². The molecule has 0 aliphatic carbocycles. The Morgan fingerprint density at radius 2 is 2.27 bits per heavy atom. The molecule has 2 aromatic rings. The van der Waals surface area contributed by atoms with E-state index in [4.69, 9.17) is 11.0 Å². The minimum Gasteiger partial charge on any atom is -0.389 e. The van der Waals surface area contributed by atoms with E-state index >= 15 is 0 Å². The highest BCUT2D eigenvalue weighted by atomic mass is 32.1. The molecule has 0 amide bonds. The second kappa shape index (κ2) is 3.22. The number of fused-ring (bicyclic) bond motifs is 1. The van der Waals surface area contributed by atoms with Gasteiger partial charge in [0.05, 0.1) is 10.5 Å². The van der Waals surface area contributed by atoms with E-state index in [1.54, 1.807) is 6.07 Å². The van der Waals surface area contributed by atoms with Crippen molar-refractivity contribution in [2.75, 3.05) is 5.73 Å². The van der Waals surface area contributed by atoms with Gasteiger partial charge >= 0.3 is 0 Å². The highest BCUT2D eigenvalue weighted by Gasteiger charge is 2.13. The molecule has 1 aromatic carbocycles. The van der Waals surface area contributed by atoms with Crippen molar-refractivity contribution in [2.45, 2.75) is 0 Å². The van der Waals surface area contributed by atoms with Crippen LogP contribution in [0.3, 0.4) is 0 Å². The average Bonchev–Trinajstić information content (AvgIpc) is 2.51. The van der Waals surface area contributed by atoms with Crippen LogP contribution in [0.25, 0.3) is 10.1 Å². The number of rotatable bonds is 1. The Morgan fingerprint density at radius 3 is 2.87 bits per heavy atom. The monoisotopic (exact) mass is 219 g/mol. The van der Waals surface area contributed by atoms with Gasteiger partial charge in [0, 0.05) is 22.2 Å². The molecule has 0 saturated heterocycles. The number of nitro groups is 1. The summed E-state index contributed by atoms with van der Waals surface area (Å²) in [7, 11) is 0. The van der Waals surface area contributed by atoms with Gasteiger partial charge in [-0.25, -0.2) is 0 Å². The summed E-state index contributed by atoms with van der Waals surface area (Å²) >= 11 is 1.19. The Hall–Kier alpha value is -2.13. The maximum Gasteiger partial charge on any atom is 0.270 e. The normalized spacial score (nSPS) is 10.1. The van der Waals surface area contributed by atoms with E-state index in [0.29, 0.717) is 20.7 Å². The molecule has 0 radical (unpaired) electrons. The quantitative estimate of drug-likeness (QED) is 0.588. The molecule has 0 aliphatic heterocycles. The van der Waals surface area contributed by atoms with Crippen molar-refractivity contribution >= 4 is 32.1 Å². The van der Waals surface area contributed by atoms with Crippen LogP contribution in [0.5, 0.6) is 0 Å². The number of nitrogens with zero attached hydrogens (tertiary/aromatic N) is 2. The molecule has 1 heterocycles. The topological polar surface area (TPSA) is 93.0 Å². The summed E-state index contributed by atoms with van der Waals surface area (Å²) in [6.07, 6.45) is 0. The number of nitriles is 1. The number of nitro benzene ring substituents is 1. The Kier molecular flexibility index (Phi) is 2.02. The summed E-state index contributed by atoms with van der Waals surface area (Å²) in [4.78, 5) is 10.0. The minimum atomic E-state index is -0.471. The Balaban J connectivity index is 2.76. The Bertz CT molecular complexity index is 597. The first-order valence-corrected chi connectivity index (χ1v) is 4.81. The Morgan fingerprint density at radius 1 is 1.53 bits per heavy atom. The van der Waals surface area contributed by atoms with Gasteiger partial charge in [0.1, 0.15) is 11.1 Å². The Labute approximate surface area is 88.5 Å². The van der Waals surface area contributed by atoms with Crippen LogP contribution in [0.2, 0.25) is 0 Å². The summed E-state index contributed by atoms with van der Waals surface area (Å²) in [5.41, 5.74) is 6.02. The molecule has 6 heteroatoms. The van der Waals surface area contributed by atoms with Gasteiger partial charge in [-0.15, -0.1) is 11.3 Å². The third kappa shape index (κ3) is 1.39. The highest BCUT2D eigenvalue weighted by molar-refractivity contribution is 7.23. The first-order valence-electron chi connectivity index (χ1n) is 4.00. The fourth-order valence-corrected chi connectivity index (χ4v) is 2.29. The van der Waals surface area contributed by atoms with Crippen molar-refractivity contribution < 1.29 is 4.92 Å². The zero-order valence-corrected chi connectivity index (χ0v) is 8.25. The fraction of sp³-hybridized carbons (Fsp3) is 0. The predicted molar refractivity (Wildman–Crippen MR) is 57.6 cm³/mol. The number of nitrogen functional groups attached to an aromatic ring is 1.